The molecule has 1 unspecified atom stereocenters. The summed E-state index contributed by atoms with van der Waals surface area (Å²) >= 11 is 0. The summed E-state index contributed by atoms with van der Waals surface area (Å²) in [6.07, 6.45) is 18.4. The van der Waals surface area contributed by atoms with Crippen LogP contribution in [0.5, 0.6) is 0 Å². The molecular formula is C18H34O2. The van der Waals surface area contributed by atoms with Crippen molar-refractivity contribution in [3.8, 4) is 0 Å². The van der Waals surface area contributed by atoms with Gasteiger partial charge in [0, 0.05) is 6.42 Å². The van der Waals surface area contributed by atoms with Crippen molar-refractivity contribution in [2.75, 3.05) is 0 Å². The van der Waals surface area contributed by atoms with Gasteiger partial charge in [-0.05, 0) is 38.0 Å². The minimum Gasteiger partial charge on any atom is -0.481 e. The maximum absolute atomic E-state index is 10.3. The van der Waals surface area contributed by atoms with Crippen molar-refractivity contribution < 1.29 is 9.90 Å². The molecule has 0 fully saturated rings. The molecule has 0 aromatic rings. The highest BCUT2D eigenvalue weighted by Gasteiger charge is 1.97. The van der Waals surface area contributed by atoms with Crippen LogP contribution in [0, 0.1) is 5.92 Å². The van der Waals surface area contributed by atoms with Crippen LogP contribution in [0.1, 0.15) is 90.9 Å². The van der Waals surface area contributed by atoms with Crippen LogP contribution in [0.15, 0.2) is 12.2 Å². The average Bonchev–Trinajstić information content (AvgIpc) is 2.43. The Morgan fingerprint density at radius 3 is 2.10 bits per heavy atom. The monoisotopic (exact) mass is 282 g/mol. The molecule has 1 atom stereocenters. The van der Waals surface area contributed by atoms with Gasteiger partial charge in [-0.25, -0.2) is 0 Å². The minimum absolute atomic E-state index is 0.335. The maximum Gasteiger partial charge on any atom is 0.303 e. The predicted molar refractivity (Wildman–Crippen MR) is 87.0 cm³/mol. The van der Waals surface area contributed by atoms with Crippen molar-refractivity contribution in [1.29, 1.82) is 0 Å². The fourth-order valence-corrected chi connectivity index (χ4v) is 2.24. The summed E-state index contributed by atoms with van der Waals surface area (Å²) in [6.45, 7) is 4.58. The van der Waals surface area contributed by atoms with E-state index in [9.17, 15) is 4.79 Å². The van der Waals surface area contributed by atoms with Crippen molar-refractivity contribution in [3.05, 3.63) is 12.2 Å². The third-order valence-corrected chi connectivity index (χ3v) is 3.95. The number of hydrogen-bond acceptors (Lipinski definition) is 1. The second-order valence-electron chi connectivity index (χ2n) is 5.97. The predicted octanol–water partition coefficient (Wildman–Crippen LogP) is 5.96. The summed E-state index contributed by atoms with van der Waals surface area (Å²) in [5.74, 6) is 0.200. The van der Waals surface area contributed by atoms with E-state index in [2.05, 4.69) is 26.0 Å². The van der Waals surface area contributed by atoms with Crippen LogP contribution < -0.4 is 0 Å². The molecule has 20 heavy (non-hydrogen) atoms. The molecule has 0 heterocycles. The third-order valence-electron chi connectivity index (χ3n) is 3.95. The molecule has 0 radical (unpaired) electrons. The van der Waals surface area contributed by atoms with E-state index in [4.69, 9.17) is 5.11 Å². The molecule has 0 saturated heterocycles. The standard InChI is InChI=1S/C18H34O2/c1-3-17(2)15-13-11-9-7-5-4-6-8-10-12-14-16-18(19)20/h9,11,17H,3-8,10,12-16H2,1-2H3,(H,19,20). The topological polar surface area (TPSA) is 37.3 Å². The quantitative estimate of drug-likeness (QED) is 0.315. The summed E-state index contributed by atoms with van der Waals surface area (Å²) in [7, 11) is 0. The molecule has 0 spiro atoms. The Morgan fingerprint density at radius 2 is 1.50 bits per heavy atom. The number of carbonyl (C=O) groups is 1. The zero-order valence-corrected chi connectivity index (χ0v) is 13.6. The van der Waals surface area contributed by atoms with E-state index in [-0.39, 0.29) is 0 Å². The van der Waals surface area contributed by atoms with Gasteiger partial charge in [0.05, 0.1) is 0 Å². The molecule has 0 aliphatic rings. The number of carboxylic acid groups (broad SMARTS) is 1. The summed E-state index contributed by atoms with van der Waals surface area (Å²) in [6, 6.07) is 0. The van der Waals surface area contributed by atoms with Crippen LogP contribution >= 0.6 is 0 Å². The lowest BCUT2D eigenvalue weighted by molar-refractivity contribution is -0.137. The number of aliphatic carboxylic acids is 1. The normalized spacial score (nSPS) is 12.9. The second kappa shape index (κ2) is 14.6. The van der Waals surface area contributed by atoms with Gasteiger partial charge in [0.25, 0.3) is 0 Å². The van der Waals surface area contributed by atoms with Crippen molar-refractivity contribution >= 4 is 5.97 Å². The van der Waals surface area contributed by atoms with Crippen molar-refractivity contribution in [3.63, 3.8) is 0 Å². The first-order chi connectivity index (χ1) is 9.66. The first kappa shape index (κ1) is 19.2. The van der Waals surface area contributed by atoms with E-state index in [1.165, 1.54) is 57.8 Å². The highest BCUT2D eigenvalue weighted by molar-refractivity contribution is 5.66. The van der Waals surface area contributed by atoms with Gasteiger partial charge in [0.1, 0.15) is 0 Å². The van der Waals surface area contributed by atoms with Crippen LogP contribution in [0.25, 0.3) is 0 Å². The van der Waals surface area contributed by atoms with Crippen LogP contribution in [0.3, 0.4) is 0 Å². The summed E-state index contributed by atoms with van der Waals surface area (Å²) in [4.78, 5) is 10.3. The number of hydrogen-bond donors (Lipinski definition) is 1. The molecule has 0 aromatic carbocycles. The lowest BCUT2D eigenvalue weighted by Crippen LogP contribution is -1.93. The Morgan fingerprint density at radius 1 is 0.950 bits per heavy atom. The Hall–Kier alpha value is -0.790. The Kier molecular flexibility index (Phi) is 14.0. The Labute approximate surface area is 125 Å². The van der Waals surface area contributed by atoms with E-state index in [1.807, 2.05) is 0 Å². The lowest BCUT2D eigenvalue weighted by atomic mass is 10.0. The molecular weight excluding hydrogens is 248 g/mol. The number of unbranched alkanes of at least 4 members (excludes halogenated alkanes) is 7. The molecule has 0 bridgehead atoms. The molecule has 1 N–H and O–H groups in total. The van der Waals surface area contributed by atoms with Gasteiger partial charge in [-0.3, -0.25) is 4.79 Å². The van der Waals surface area contributed by atoms with Gasteiger partial charge < -0.3 is 5.11 Å². The van der Waals surface area contributed by atoms with Crippen LogP contribution in [-0.2, 0) is 4.79 Å². The highest BCUT2D eigenvalue weighted by atomic mass is 16.4. The fourth-order valence-electron chi connectivity index (χ4n) is 2.24. The second-order valence-corrected chi connectivity index (χ2v) is 5.97. The minimum atomic E-state index is -0.662. The maximum atomic E-state index is 10.3. The first-order valence-electron chi connectivity index (χ1n) is 8.53. The zero-order valence-electron chi connectivity index (χ0n) is 13.6. The molecule has 118 valence electrons. The fraction of sp³-hybridized carbons (Fsp3) is 0.833. The highest BCUT2D eigenvalue weighted by Crippen LogP contribution is 2.12. The van der Waals surface area contributed by atoms with E-state index >= 15 is 0 Å². The molecule has 0 aliphatic heterocycles. The smallest absolute Gasteiger partial charge is 0.303 e. The number of allylic oxidation sites excluding steroid dienone is 2. The zero-order chi connectivity index (χ0) is 15.1. The average molecular weight is 282 g/mol. The van der Waals surface area contributed by atoms with Gasteiger partial charge in [0.15, 0.2) is 0 Å². The number of rotatable bonds is 14. The van der Waals surface area contributed by atoms with Gasteiger partial charge in [0.2, 0.25) is 0 Å². The van der Waals surface area contributed by atoms with Gasteiger partial charge in [-0.15, -0.1) is 0 Å². The van der Waals surface area contributed by atoms with E-state index in [1.54, 1.807) is 0 Å². The van der Waals surface area contributed by atoms with Crippen LogP contribution in [0.2, 0.25) is 0 Å². The largest absolute Gasteiger partial charge is 0.481 e. The third kappa shape index (κ3) is 15.3. The van der Waals surface area contributed by atoms with E-state index in [0.717, 1.165) is 18.8 Å². The van der Waals surface area contributed by atoms with Gasteiger partial charge in [-0.1, -0.05) is 64.5 Å². The summed E-state index contributed by atoms with van der Waals surface area (Å²) in [5.41, 5.74) is 0. The van der Waals surface area contributed by atoms with Crippen molar-refractivity contribution in [1.82, 2.24) is 0 Å². The molecule has 2 nitrogen and oxygen atoms in total. The van der Waals surface area contributed by atoms with E-state index < -0.39 is 5.97 Å². The van der Waals surface area contributed by atoms with Gasteiger partial charge >= 0.3 is 5.97 Å². The molecule has 0 aliphatic carbocycles. The summed E-state index contributed by atoms with van der Waals surface area (Å²) < 4.78 is 0. The SMILES string of the molecule is CCC(C)CCC=CCCCCCCCCCC(=O)O. The number of carboxylic acids is 1. The van der Waals surface area contributed by atoms with Crippen molar-refractivity contribution in [2.45, 2.75) is 90.9 Å². The van der Waals surface area contributed by atoms with Gasteiger partial charge in [-0.2, -0.15) is 0 Å². The lowest BCUT2D eigenvalue weighted by Gasteiger charge is -2.04. The van der Waals surface area contributed by atoms with Crippen LogP contribution in [-0.4, -0.2) is 11.1 Å². The molecule has 0 saturated carbocycles. The molecule has 0 aromatic heterocycles. The first-order valence-corrected chi connectivity index (χ1v) is 8.53. The Bertz CT molecular complexity index is 246. The van der Waals surface area contributed by atoms with Crippen LogP contribution in [0.4, 0.5) is 0 Å². The summed E-state index contributed by atoms with van der Waals surface area (Å²) in [5, 5.41) is 8.51. The molecule has 2 heteroatoms. The van der Waals surface area contributed by atoms with E-state index in [0.29, 0.717) is 6.42 Å². The van der Waals surface area contributed by atoms with Crippen molar-refractivity contribution in [2.24, 2.45) is 5.92 Å². The molecule has 0 amide bonds. The Balaban J connectivity index is 3.13. The molecule has 0 rings (SSSR count).